The molecular formula is C28H24F3N3O4. The summed E-state index contributed by atoms with van der Waals surface area (Å²) in [6.07, 6.45) is -2.73. The average molecular weight is 524 g/mol. The number of halogens is 3. The molecule has 1 aromatic heterocycles. The largest absolute Gasteiger partial charge is 0.493 e. The van der Waals surface area contributed by atoms with Crippen molar-refractivity contribution in [2.45, 2.75) is 25.4 Å². The van der Waals surface area contributed by atoms with E-state index in [1.165, 1.54) is 6.20 Å². The van der Waals surface area contributed by atoms with Crippen LogP contribution in [-0.2, 0) is 16.0 Å². The fraction of sp³-hybridized carbons (Fsp3) is 0.179. The van der Waals surface area contributed by atoms with Gasteiger partial charge in [-0.25, -0.2) is 9.59 Å². The molecule has 0 aliphatic heterocycles. The van der Waals surface area contributed by atoms with Crippen LogP contribution in [0.25, 0.3) is 10.8 Å². The number of nitrogens with zero attached hydrogens (tertiary/aromatic N) is 1. The first-order valence-electron chi connectivity index (χ1n) is 11.7. The van der Waals surface area contributed by atoms with Crippen molar-refractivity contribution >= 4 is 28.5 Å². The highest BCUT2D eigenvalue weighted by Gasteiger charge is 2.42. The molecule has 38 heavy (non-hydrogen) atoms. The lowest BCUT2D eigenvalue weighted by Crippen LogP contribution is -2.32. The molecule has 7 nitrogen and oxygen atoms in total. The van der Waals surface area contributed by atoms with E-state index in [0.29, 0.717) is 22.3 Å². The Hall–Kier alpha value is -4.60. The molecule has 10 heteroatoms. The van der Waals surface area contributed by atoms with E-state index in [1.54, 1.807) is 25.1 Å². The van der Waals surface area contributed by atoms with E-state index < -0.39 is 24.0 Å². The van der Waals surface area contributed by atoms with Crippen LogP contribution in [0.1, 0.15) is 45.5 Å². The van der Waals surface area contributed by atoms with Crippen LogP contribution in [-0.4, -0.2) is 35.3 Å². The van der Waals surface area contributed by atoms with Crippen molar-refractivity contribution in [1.29, 1.82) is 5.41 Å². The number of aromatic nitrogens is 1. The van der Waals surface area contributed by atoms with E-state index >= 15 is 0 Å². The van der Waals surface area contributed by atoms with Gasteiger partial charge in [0.2, 0.25) is 0 Å². The van der Waals surface area contributed by atoms with Gasteiger partial charge in [0.15, 0.2) is 0 Å². The summed E-state index contributed by atoms with van der Waals surface area (Å²) in [5, 5.41) is 9.58. The first-order chi connectivity index (χ1) is 18.1. The molecule has 0 bridgehead atoms. The smallest absolute Gasteiger partial charge is 0.462 e. The maximum absolute atomic E-state index is 12.9. The number of carbonyl (C=O) groups is 2. The van der Waals surface area contributed by atoms with Gasteiger partial charge >= 0.3 is 18.1 Å². The molecule has 196 valence electrons. The zero-order valence-electron chi connectivity index (χ0n) is 20.3. The van der Waals surface area contributed by atoms with Gasteiger partial charge in [-0.2, -0.15) is 17.9 Å². The maximum atomic E-state index is 12.9. The standard InChI is InChI=1S/C28H24F3N3O4/c1-2-37-26(35)24-16-34(38-27(36)28(29,30)31)15-23(24)22(14-17-7-5-10-19(13-17)25(32)33)21-12-6-9-18-8-3-4-11-20(18)21/h3-13,15-16,22H,2,14H2,1H3,(H3,32,33). The summed E-state index contributed by atoms with van der Waals surface area (Å²) < 4.78 is 44.5. The Morgan fingerprint density at radius 3 is 2.42 bits per heavy atom. The highest BCUT2D eigenvalue weighted by atomic mass is 19.4. The number of alkyl halides is 3. The summed E-state index contributed by atoms with van der Waals surface area (Å²) in [5.41, 5.74) is 8.00. The summed E-state index contributed by atoms with van der Waals surface area (Å²) in [7, 11) is 0. The van der Waals surface area contributed by atoms with Crippen LogP contribution in [0.5, 0.6) is 0 Å². The van der Waals surface area contributed by atoms with Crippen LogP contribution in [0.4, 0.5) is 13.2 Å². The quantitative estimate of drug-likeness (QED) is 0.192. The van der Waals surface area contributed by atoms with E-state index in [2.05, 4.69) is 4.84 Å². The number of hydrogen-bond acceptors (Lipinski definition) is 5. The second-order valence-corrected chi connectivity index (χ2v) is 8.52. The third-order valence-corrected chi connectivity index (χ3v) is 6.00. The van der Waals surface area contributed by atoms with Crippen molar-refractivity contribution in [2.75, 3.05) is 6.61 Å². The van der Waals surface area contributed by atoms with Crippen LogP contribution in [0.2, 0.25) is 0 Å². The van der Waals surface area contributed by atoms with E-state index in [1.807, 2.05) is 48.5 Å². The third kappa shape index (κ3) is 5.69. The Balaban J connectivity index is 1.90. The molecule has 0 fully saturated rings. The Labute approximate surface area is 216 Å². The number of esters is 1. The number of rotatable bonds is 8. The molecule has 0 saturated heterocycles. The molecular weight excluding hydrogens is 499 g/mol. The van der Waals surface area contributed by atoms with Gasteiger partial charge in [0.1, 0.15) is 5.84 Å². The maximum Gasteiger partial charge on any atom is 0.493 e. The molecule has 0 saturated carbocycles. The van der Waals surface area contributed by atoms with Crippen molar-refractivity contribution in [1.82, 2.24) is 4.73 Å². The molecule has 4 rings (SSSR count). The van der Waals surface area contributed by atoms with Crippen LogP contribution in [0.3, 0.4) is 0 Å². The molecule has 0 spiro atoms. The van der Waals surface area contributed by atoms with E-state index in [9.17, 15) is 22.8 Å². The van der Waals surface area contributed by atoms with Crippen LogP contribution >= 0.6 is 0 Å². The van der Waals surface area contributed by atoms with E-state index in [4.69, 9.17) is 15.9 Å². The summed E-state index contributed by atoms with van der Waals surface area (Å²) in [6.45, 7) is 1.64. The first kappa shape index (κ1) is 26.5. The molecule has 4 aromatic rings. The van der Waals surface area contributed by atoms with Crippen LogP contribution in [0.15, 0.2) is 79.1 Å². The molecule has 3 N–H and O–H groups in total. The minimum Gasteiger partial charge on any atom is -0.462 e. The Kier molecular flexibility index (Phi) is 7.52. The van der Waals surface area contributed by atoms with Gasteiger partial charge in [0.05, 0.1) is 18.4 Å². The lowest BCUT2D eigenvalue weighted by molar-refractivity contribution is -0.199. The Morgan fingerprint density at radius 1 is 1.00 bits per heavy atom. The van der Waals surface area contributed by atoms with Crippen molar-refractivity contribution in [3.05, 3.63) is 107 Å². The van der Waals surface area contributed by atoms with E-state index in [-0.39, 0.29) is 18.0 Å². The number of amidine groups is 1. The van der Waals surface area contributed by atoms with Gasteiger partial charge in [-0.05, 0) is 46.9 Å². The van der Waals surface area contributed by atoms with Gasteiger partial charge in [0, 0.05) is 17.7 Å². The topological polar surface area (TPSA) is 107 Å². The van der Waals surface area contributed by atoms with Gasteiger partial charge in [-0.3, -0.25) is 5.41 Å². The second kappa shape index (κ2) is 10.8. The average Bonchev–Trinajstić information content (AvgIpc) is 3.30. The normalized spacial score (nSPS) is 12.2. The molecule has 0 aliphatic carbocycles. The number of carbonyl (C=O) groups excluding carboxylic acids is 2. The van der Waals surface area contributed by atoms with Crippen LogP contribution < -0.4 is 10.6 Å². The zero-order valence-corrected chi connectivity index (χ0v) is 20.3. The van der Waals surface area contributed by atoms with Crippen molar-refractivity contribution < 1.29 is 32.3 Å². The molecule has 1 atom stereocenters. The molecule has 0 amide bonds. The van der Waals surface area contributed by atoms with Crippen molar-refractivity contribution in [3.8, 4) is 0 Å². The fourth-order valence-corrected chi connectivity index (χ4v) is 4.35. The monoisotopic (exact) mass is 523 g/mol. The number of nitrogens with two attached hydrogens (primary N) is 1. The molecule has 3 aromatic carbocycles. The molecule has 1 heterocycles. The van der Waals surface area contributed by atoms with Crippen LogP contribution in [0, 0.1) is 5.41 Å². The lowest BCUT2D eigenvalue weighted by atomic mass is 9.83. The predicted molar refractivity (Wildman–Crippen MR) is 135 cm³/mol. The number of ether oxygens (including phenoxy) is 1. The van der Waals surface area contributed by atoms with Gasteiger partial charge in [0.25, 0.3) is 0 Å². The molecule has 0 aliphatic rings. The number of nitrogen functional groups attached to an aromatic ring is 1. The first-order valence-corrected chi connectivity index (χ1v) is 11.7. The highest BCUT2D eigenvalue weighted by molar-refractivity contribution is 5.95. The SMILES string of the molecule is CCOC(=O)c1cn(OC(=O)C(F)(F)F)cc1C(Cc1cccc(C(=N)N)c1)c1cccc2ccccc12. The van der Waals surface area contributed by atoms with Gasteiger partial charge < -0.3 is 15.3 Å². The third-order valence-electron chi connectivity index (χ3n) is 6.00. The second-order valence-electron chi connectivity index (χ2n) is 8.52. The summed E-state index contributed by atoms with van der Waals surface area (Å²) in [4.78, 5) is 29.0. The number of nitrogens with one attached hydrogen (secondary N) is 1. The Bertz CT molecular complexity index is 1510. The predicted octanol–water partition coefficient (Wildman–Crippen LogP) is 4.99. The summed E-state index contributed by atoms with van der Waals surface area (Å²) >= 11 is 0. The lowest BCUT2D eigenvalue weighted by Gasteiger charge is -2.21. The molecule has 1 unspecified atom stereocenters. The van der Waals surface area contributed by atoms with Crippen molar-refractivity contribution in [3.63, 3.8) is 0 Å². The number of fused-ring (bicyclic) bond motifs is 1. The zero-order chi connectivity index (χ0) is 27.4. The minimum absolute atomic E-state index is 0.0331. The number of hydrogen-bond donors (Lipinski definition) is 2. The fourth-order valence-electron chi connectivity index (χ4n) is 4.35. The highest BCUT2D eigenvalue weighted by Crippen LogP contribution is 2.36. The van der Waals surface area contributed by atoms with Gasteiger partial charge in [-0.15, -0.1) is 0 Å². The Morgan fingerprint density at radius 2 is 1.71 bits per heavy atom. The van der Waals surface area contributed by atoms with Crippen molar-refractivity contribution in [2.24, 2.45) is 5.73 Å². The summed E-state index contributed by atoms with van der Waals surface area (Å²) in [5.74, 6) is -3.89. The molecule has 0 radical (unpaired) electrons. The number of benzene rings is 3. The van der Waals surface area contributed by atoms with E-state index in [0.717, 1.165) is 28.1 Å². The van der Waals surface area contributed by atoms with Gasteiger partial charge in [-0.1, -0.05) is 60.7 Å². The minimum atomic E-state index is -5.23. The summed E-state index contributed by atoms with van der Waals surface area (Å²) in [6, 6.07) is 20.2.